The number of aromatic nitrogens is 1. The second kappa shape index (κ2) is 9.92. The summed E-state index contributed by atoms with van der Waals surface area (Å²) in [6.45, 7) is 0.472. The summed E-state index contributed by atoms with van der Waals surface area (Å²) in [5.41, 5.74) is 2.26. The first-order valence-corrected chi connectivity index (χ1v) is 11.0. The molecule has 0 unspecified atom stereocenters. The predicted octanol–water partition coefficient (Wildman–Crippen LogP) is 6.03. The number of rotatable bonds is 10. The van der Waals surface area contributed by atoms with E-state index in [1.54, 1.807) is 18.2 Å². The fourth-order valence-electron chi connectivity index (χ4n) is 3.64. The van der Waals surface area contributed by atoms with E-state index in [9.17, 15) is 9.59 Å². The van der Waals surface area contributed by atoms with Crippen LogP contribution < -0.4 is 4.74 Å². The summed E-state index contributed by atoms with van der Waals surface area (Å²) in [6, 6.07) is 17.1. The smallest absolute Gasteiger partial charge is 0.317 e. The van der Waals surface area contributed by atoms with E-state index >= 15 is 0 Å². The van der Waals surface area contributed by atoms with Crippen LogP contribution in [0.25, 0.3) is 33.3 Å². The lowest BCUT2D eigenvalue weighted by Gasteiger charge is -2.09. The van der Waals surface area contributed by atoms with E-state index in [1.807, 2.05) is 36.4 Å². The number of unbranched alkanes of at least 4 members (excludes halogenated alkanes) is 2. The minimum Gasteiger partial charge on any atom is -0.494 e. The average Bonchev–Trinajstić information content (AvgIpc) is 3.20. The zero-order valence-electron chi connectivity index (χ0n) is 17.7. The van der Waals surface area contributed by atoms with Gasteiger partial charge in [-0.15, -0.1) is 0 Å². The van der Waals surface area contributed by atoms with E-state index in [0.29, 0.717) is 47.9 Å². The van der Waals surface area contributed by atoms with Crippen molar-refractivity contribution in [3.05, 3.63) is 59.6 Å². The van der Waals surface area contributed by atoms with Gasteiger partial charge < -0.3 is 19.4 Å². The number of hydrogen-bond acceptors (Lipinski definition) is 5. The molecule has 0 saturated heterocycles. The number of halogens is 1. The Morgan fingerprint density at radius 1 is 0.939 bits per heavy atom. The van der Waals surface area contributed by atoms with E-state index < -0.39 is 17.9 Å². The number of carboxylic acid groups (broad SMARTS) is 2. The molecule has 33 heavy (non-hydrogen) atoms. The molecule has 8 heteroatoms. The molecule has 170 valence electrons. The first-order valence-electron chi connectivity index (χ1n) is 10.6. The van der Waals surface area contributed by atoms with E-state index in [1.165, 1.54) is 0 Å². The topological polar surface area (TPSA) is 110 Å². The highest BCUT2D eigenvalue weighted by Crippen LogP contribution is 2.30. The lowest BCUT2D eigenvalue weighted by molar-refractivity contribution is -0.154. The highest BCUT2D eigenvalue weighted by Gasteiger charge is 2.24. The third kappa shape index (κ3) is 5.43. The predicted molar refractivity (Wildman–Crippen MR) is 125 cm³/mol. The lowest BCUT2D eigenvalue weighted by Crippen LogP contribution is -2.23. The Balaban J connectivity index is 1.34. The Kier molecular flexibility index (Phi) is 6.79. The van der Waals surface area contributed by atoms with Crippen LogP contribution >= 0.6 is 11.6 Å². The molecule has 0 saturated carbocycles. The zero-order valence-corrected chi connectivity index (χ0v) is 18.4. The third-order valence-electron chi connectivity index (χ3n) is 5.41. The molecular weight excluding hydrogens is 446 g/mol. The van der Waals surface area contributed by atoms with Crippen molar-refractivity contribution in [3.63, 3.8) is 0 Å². The first-order chi connectivity index (χ1) is 15.9. The molecule has 4 aromatic rings. The maximum atomic E-state index is 10.9. The molecule has 1 aromatic heterocycles. The number of fused-ring (bicyclic) bond motifs is 2. The SMILES string of the molecule is O=C(O)C(CCCCCOc1ccc2cc(-c3nc4cc(Cl)ccc4o3)ccc2c1)C(=O)O. The largest absolute Gasteiger partial charge is 0.494 e. The number of oxazole rings is 1. The summed E-state index contributed by atoms with van der Waals surface area (Å²) in [7, 11) is 0. The van der Waals surface area contributed by atoms with Gasteiger partial charge in [-0.2, -0.15) is 0 Å². The van der Waals surface area contributed by atoms with Crippen molar-refractivity contribution < 1.29 is 29.0 Å². The Morgan fingerprint density at radius 2 is 1.70 bits per heavy atom. The van der Waals surface area contributed by atoms with Gasteiger partial charge in [0.2, 0.25) is 5.89 Å². The fourth-order valence-corrected chi connectivity index (χ4v) is 3.81. The maximum Gasteiger partial charge on any atom is 0.317 e. The van der Waals surface area contributed by atoms with Gasteiger partial charge in [-0.3, -0.25) is 9.59 Å². The van der Waals surface area contributed by atoms with Gasteiger partial charge in [0.15, 0.2) is 11.5 Å². The minimum atomic E-state index is -1.34. The molecule has 0 radical (unpaired) electrons. The Morgan fingerprint density at radius 3 is 2.48 bits per heavy atom. The molecule has 0 amide bonds. The second-order valence-corrected chi connectivity index (χ2v) is 8.22. The number of ether oxygens (including phenoxy) is 1. The Bertz CT molecular complexity index is 1300. The molecule has 7 nitrogen and oxygen atoms in total. The first kappa shape index (κ1) is 22.6. The second-order valence-electron chi connectivity index (χ2n) is 7.78. The fraction of sp³-hybridized carbons (Fsp3) is 0.240. The quantitative estimate of drug-likeness (QED) is 0.216. The van der Waals surface area contributed by atoms with Crippen LogP contribution in [-0.4, -0.2) is 33.7 Å². The van der Waals surface area contributed by atoms with Crippen molar-refractivity contribution in [3.8, 4) is 17.2 Å². The van der Waals surface area contributed by atoms with Crippen molar-refractivity contribution in [1.82, 2.24) is 4.98 Å². The van der Waals surface area contributed by atoms with Gasteiger partial charge in [0, 0.05) is 10.6 Å². The summed E-state index contributed by atoms with van der Waals surface area (Å²) < 4.78 is 11.7. The summed E-state index contributed by atoms with van der Waals surface area (Å²) >= 11 is 6.03. The van der Waals surface area contributed by atoms with Crippen LogP contribution in [0.3, 0.4) is 0 Å². The van der Waals surface area contributed by atoms with E-state index in [2.05, 4.69) is 4.98 Å². The molecule has 0 aliphatic carbocycles. The molecule has 0 bridgehead atoms. The number of carboxylic acids is 2. The molecule has 1 heterocycles. The van der Waals surface area contributed by atoms with Gasteiger partial charge in [0.05, 0.1) is 6.61 Å². The monoisotopic (exact) mass is 467 g/mol. The van der Waals surface area contributed by atoms with E-state index in [0.717, 1.165) is 22.1 Å². The van der Waals surface area contributed by atoms with E-state index in [-0.39, 0.29) is 6.42 Å². The van der Waals surface area contributed by atoms with Gasteiger partial charge >= 0.3 is 11.9 Å². The van der Waals surface area contributed by atoms with Crippen molar-refractivity contribution in [2.24, 2.45) is 5.92 Å². The molecule has 0 aliphatic rings. The Labute approximate surface area is 194 Å². The Hall–Kier alpha value is -3.58. The summed E-state index contributed by atoms with van der Waals surface area (Å²) in [5.74, 6) is -2.66. The molecule has 0 spiro atoms. The molecule has 0 fully saturated rings. The van der Waals surface area contributed by atoms with Crippen LogP contribution in [0.4, 0.5) is 0 Å². The van der Waals surface area contributed by atoms with Crippen molar-refractivity contribution in [2.45, 2.75) is 25.7 Å². The summed E-state index contributed by atoms with van der Waals surface area (Å²) in [6.07, 6.45) is 2.06. The van der Waals surface area contributed by atoms with Crippen LogP contribution in [0.2, 0.25) is 5.02 Å². The maximum absolute atomic E-state index is 10.9. The summed E-state index contributed by atoms with van der Waals surface area (Å²) in [5, 5.41) is 20.4. The molecule has 0 atom stereocenters. The molecule has 2 N–H and O–H groups in total. The van der Waals surface area contributed by atoms with Gasteiger partial charge in [-0.25, -0.2) is 4.98 Å². The highest BCUT2D eigenvalue weighted by atomic mass is 35.5. The summed E-state index contributed by atoms with van der Waals surface area (Å²) in [4.78, 5) is 26.3. The van der Waals surface area contributed by atoms with Crippen LogP contribution in [-0.2, 0) is 9.59 Å². The number of benzene rings is 3. The molecule has 4 rings (SSSR count). The number of aliphatic carboxylic acids is 2. The minimum absolute atomic E-state index is 0.121. The average molecular weight is 468 g/mol. The number of nitrogens with zero attached hydrogens (tertiary/aromatic N) is 1. The van der Waals surface area contributed by atoms with Crippen LogP contribution in [0.1, 0.15) is 25.7 Å². The van der Waals surface area contributed by atoms with Crippen molar-refractivity contribution in [2.75, 3.05) is 6.61 Å². The van der Waals surface area contributed by atoms with Crippen LogP contribution in [0, 0.1) is 5.92 Å². The lowest BCUT2D eigenvalue weighted by atomic mass is 10.0. The van der Waals surface area contributed by atoms with Gasteiger partial charge in [-0.05, 0) is 66.1 Å². The number of carbonyl (C=O) groups is 2. The van der Waals surface area contributed by atoms with Gasteiger partial charge in [-0.1, -0.05) is 36.6 Å². The van der Waals surface area contributed by atoms with E-state index in [4.69, 9.17) is 31.0 Å². The molecule has 0 aliphatic heterocycles. The van der Waals surface area contributed by atoms with Gasteiger partial charge in [0.25, 0.3) is 0 Å². The van der Waals surface area contributed by atoms with Gasteiger partial charge in [0.1, 0.15) is 11.3 Å². The third-order valence-corrected chi connectivity index (χ3v) is 5.65. The zero-order chi connectivity index (χ0) is 23.4. The van der Waals surface area contributed by atoms with Crippen molar-refractivity contribution in [1.29, 1.82) is 0 Å². The van der Waals surface area contributed by atoms with Crippen LogP contribution in [0.5, 0.6) is 5.75 Å². The van der Waals surface area contributed by atoms with Crippen LogP contribution in [0.15, 0.2) is 59.0 Å². The standard InChI is InChI=1S/C25H22ClNO6/c26-18-8-10-22-21(14-18)27-23(33-22)17-6-5-16-13-19(9-7-15(16)12-17)32-11-3-1-2-4-20(24(28)29)25(30)31/h5-10,12-14,20H,1-4,11H2,(H,28,29)(H,30,31). The molecule has 3 aromatic carbocycles. The normalized spacial score (nSPS) is 11.3. The molecular formula is C25H22ClNO6. The highest BCUT2D eigenvalue weighted by molar-refractivity contribution is 6.31. The number of hydrogen-bond donors (Lipinski definition) is 2. The van der Waals surface area contributed by atoms with Crippen molar-refractivity contribution >= 4 is 45.4 Å².